The third-order valence-electron chi connectivity index (χ3n) is 5.85. The minimum absolute atomic E-state index is 0.0403. The predicted molar refractivity (Wildman–Crippen MR) is 109 cm³/mol. The summed E-state index contributed by atoms with van der Waals surface area (Å²) in [6, 6.07) is 16.8. The molecular formula is C23H21NOS. The first-order chi connectivity index (χ1) is 12.6. The number of H-pyrrole nitrogens is 1. The van der Waals surface area contributed by atoms with Gasteiger partial charge < -0.3 is 4.98 Å². The minimum Gasteiger partial charge on any atom is -0.352 e. The summed E-state index contributed by atoms with van der Waals surface area (Å²) in [5.41, 5.74) is 8.21. The average Bonchev–Trinajstić information content (AvgIpc) is 2.97. The van der Waals surface area contributed by atoms with Gasteiger partial charge in [0.25, 0.3) is 0 Å². The average molecular weight is 359 g/mol. The highest BCUT2D eigenvalue weighted by Crippen LogP contribution is 2.53. The Bertz CT molecular complexity index is 1040. The monoisotopic (exact) mass is 359 g/mol. The molecule has 0 bridgehead atoms. The lowest BCUT2D eigenvalue weighted by Crippen LogP contribution is -2.23. The molecule has 0 radical (unpaired) electrons. The van der Waals surface area contributed by atoms with E-state index in [4.69, 9.17) is 12.2 Å². The van der Waals surface area contributed by atoms with Gasteiger partial charge in [0.1, 0.15) is 10.9 Å². The molecule has 0 atom stereocenters. The van der Waals surface area contributed by atoms with Crippen LogP contribution in [0.1, 0.15) is 48.2 Å². The van der Waals surface area contributed by atoms with Crippen LogP contribution in [0.15, 0.2) is 54.7 Å². The van der Waals surface area contributed by atoms with Gasteiger partial charge in [-0.1, -0.05) is 50.3 Å². The van der Waals surface area contributed by atoms with Crippen molar-refractivity contribution in [3.8, 4) is 22.3 Å². The van der Waals surface area contributed by atoms with Crippen molar-refractivity contribution >= 4 is 18.5 Å². The number of benzene rings is 2. The number of aromatic nitrogens is 1. The largest absolute Gasteiger partial charge is 0.352 e. The molecule has 130 valence electrons. The van der Waals surface area contributed by atoms with Crippen LogP contribution in [-0.4, -0.2) is 11.3 Å². The Morgan fingerprint density at radius 3 is 2.19 bits per heavy atom. The maximum Gasteiger partial charge on any atom is 0.150 e. The number of aldehydes is 1. The summed E-state index contributed by atoms with van der Waals surface area (Å²) in [7, 11) is 0. The Morgan fingerprint density at radius 1 is 0.923 bits per heavy atom. The van der Waals surface area contributed by atoms with E-state index in [1.54, 1.807) is 0 Å². The van der Waals surface area contributed by atoms with Crippen LogP contribution in [0.3, 0.4) is 0 Å². The molecule has 0 spiro atoms. The molecule has 1 aliphatic rings. The highest BCUT2D eigenvalue weighted by Gasteiger charge is 2.40. The fourth-order valence-electron chi connectivity index (χ4n) is 4.37. The van der Waals surface area contributed by atoms with Gasteiger partial charge >= 0.3 is 0 Å². The molecule has 2 nitrogen and oxygen atoms in total. The van der Waals surface area contributed by atoms with E-state index in [1.165, 1.54) is 27.8 Å². The summed E-state index contributed by atoms with van der Waals surface area (Å²) < 4.78 is 0.736. The van der Waals surface area contributed by atoms with E-state index in [-0.39, 0.29) is 5.41 Å². The van der Waals surface area contributed by atoms with Crippen LogP contribution in [0, 0.1) is 4.64 Å². The molecule has 1 heterocycles. The third-order valence-corrected chi connectivity index (χ3v) is 6.10. The van der Waals surface area contributed by atoms with E-state index in [1.807, 2.05) is 18.3 Å². The first-order valence-corrected chi connectivity index (χ1v) is 9.47. The standard InChI is InChI=1S/C23H21NOS/c1-3-23(4-2)20-11-15(14-25)5-8-18(20)19-9-6-16(12-21(19)23)17-7-10-22(26)24-13-17/h5-14H,3-4H2,1-2H3,(H,24,26). The van der Waals surface area contributed by atoms with Gasteiger partial charge in [0.15, 0.2) is 0 Å². The van der Waals surface area contributed by atoms with Gasteiger partial charge in [-0.3, -0.25) is 4.79 Å². The van der Waals surface area contributed by atoms with E-state index < -0.39 is 0 Å². The Labute approximate surface area is 158 Å². The van der Waals surface area contributed by atoms with E-state index in [9.17, 15) is 4.79 Å². The van der Waals surface area contributed by atoms with Gasteiger partial charge in [0, 0.05) is 17.2 Å². The van der Waals surface area contributed by atoms with Crippen molar-refractivity contribution in [2.45, 2.75) is 32.1 Å². The van der Waals surface area contributed by atoms with Gasteiger partial charge in [0.2, 0.25) is 0 Å². The zero-order valence-electron chi connectivity index (χ0n) is 15.0. The molecule has 1 N–H and O–H groups in total. The Balaban J connectivity index is 1.95. The molecule has 3 heteroatoms. The van der Waals surface area contributed by atoms with E-state index in [2.05, 4.69) is 55.2 Å². The summed E-state index contributed by atoms with van der Waals surface area (Å²) in [4.78, 5) is 14.4. The van der Waals surface area contributed by atoms with Crippen LogP contribution in [0.2, 0.25) is 0 Å². The number of rotatable bonds is 4. The Kier molecular flexibility index (Phi) is 4.12. The number of pyridine rings is 1. The molecule has 1 aliphatic carbocycles. The molecule has 0 aliphatic heterocycles. The number of carbonyl (C=O) groups excluding carboxylic acids is 1. The summed E-state index contributed by atoms with van der Waals surface area (Å²) >= 11 is 5.16. The molecule has 0 saturated carbocycles. The van der Waals surface area contributed by atoms with Crippen LogP contribution >= 0.6 is 12.2 Å². The zero-order valence-corrected chi connectivity index (χ0v) is 15.8. The second-order valence-corrected chi connectivity index (χ2v) is 7.35. The highest BCUT2D eigenvalue weighted by molar-refractivity contribution is 7.71. The molecule has 26 heavy (non-hydrogen) atoms. The van der Waals surface area contributed by atoms with Crippen molar-refractivity contribution in [1.29, 1.82) is 0 Å². The third kappa shape index (κ3) is 2.38. The van der Waals surface area contributed by atoms with Gasteiger partial charge in [-0.2, -0.15) is 0 Å². The summed E-state index contributed by atoms with van der Waals surface area (Å²) in [5.74, 6) is 0. The van der Waals surface area contributed by atoms with Crippen LogP contribution in [0.5, 0.6) is 0 Å². The Hall–Kier alpha value is -2.52. The van der Waals surface area contributed by atoms with Gasteiger partial charge in [-0.25, -0.2) is 0 Å². The highest BCUT2D eigenvalue weighted by atomic mass is 32.1. The van der Waals surface area contributed by atoms with Crippen molar-refractivity contribution in [2.75, 3.05) is 0 Å². The number of carbonyl (C=O) groups is 1. The topological polar surface area (TPSA) is 32.9 Å². The number of hydrogen-bond acceptors (Lipinski definition) is 2. The van der Waals surface area contributed by atoms with Crippen LogP contribution in [0.4, 0.5) is 0 Å². The first-order valence-electron chi connectivity index (χ1n) is 9.06. The summed E-state index contributed by atoms with van der Waals surface area (Å²) in [6.45, 7) is 4.48. The Morgan fingerprint density at radius 2 is 1.58 bits per heavy atom. The molecule has 0 unspecified atom stereocenters. The van der Waals surface area contributed by atoms with Crippen LogP contribution in [0.25, 0.3) is 22.3 Å². The molecule has 2 aromatic carbocycles. The molecular weight excluding hydrogens is 338 g/mol. The lowest BCUT2D eigenvalue weighted by molar-refractivity contribution is 0.112. The lowest BCUT2D eigenvalue weighted by atomic mass is 9.73. The minimum atomic E-state index is -0.0403. The molecule has 1 aromatic heterocycles. The zero-order chi connectivity index (χ0) is 18.3. The molecule has 3 aromatic rings. The maximum absolute atomic E-state index is 11.3. The quantitative estimate of drug-likeness (QED) is 0.437. The fourth-order valence-corrected chi connectivity index (χ4v) is 4.49. The molecule has 0 saturated heterocycles. The summed E-state index contributed by atoms with van der Waals surface area (Å²) in [6.07, 6.45) is 4.92. The molecule has 0 amide bonds. The number of hydrogen-bond donors (Lipinski definition) is 1. The normalized spacial score (nSPS) is 13.9. The van der Waals surface area contributed by atoms with Crippen molar-refractivity contribution in [1.82, 2.24) is 4.98 Å². The second-order valence-electron chi connectivity index (χ2n) is 6.91. The number of fused-ring (bicyclic) bond motifs is 3. The predicted octanol–water partition coefficient (Wildman–Crippen LogP) is 6.31. The molecule has 0 fully saturated rings. The second kappa shape index (κ2) is 6.33. The van der Waals surface area contributed by atoms with Gasteiger partial charge in [-0.15, -0.1) is 0 Å². The lowest BCUT2D eigenvalue weighted by Gasteiger charge is -2.30. The molecule has 4 rings (SSSR count). The van der Waals surface area contributed by atoms with Crippen LogP contribution in [-0.2, 0) is 5.41 Å². The fraction of sp³-hybridized carbons (Fsp3) is 0.217. The number of aromatic amines is 1. The van der Waals surface area contributed by atoms with Crippen molar-refractivity contribution in [3.05, 3.63) is 76.1 Å². The van der Waals surface area contributed by atoms with Crippen molar-refractivity contribution < 1.29 is 4.79 Å². The van der Waals surface area contributed by atoms with Crippen molar-refractivity contribution in [3.63, 3.8) is 0 Å². The van der Waals surface area contributed by atoms with E-state index >= 15 is 0 Å². The number of nitrogens with one attached hydrogen (secondary N) is 1. The van der Waals surface area contributed by atoms with Crippen LogP contribution < -0.4 is 0 Å². The van der Waals surface area contributed by atoms with E-state index in [0.717, 1.165) is 34.9 Å². The van der Waals surface area contributed by atoms with E-state index in [0.29, 0.717) is 0 Å². The maximum atomic E-state index is 11.3. The first kappa shape index (κ1) is 16.9. The van der Waals surface area contributed by atoms with Gasteiger partial charge in [-0.05, 0) is 70.5 Å². The smallest absolute Gasteiger partial charge is 0.150 e. The van der Waals surface area contributed by atoms with Gasteiger partial charge in [0.05, 0.1) is 0 Å². The SMILES string of the molecule is CCC1(CC)c2cc(C=O)ccc2-c2ccc(-c3ccc(=S)[nH]c3)cc21. The summed E-state index contributed by atoms with van der Waals surface area (Å²) in [5, 5.41) is 0. The van der Waals surface area contributed by atoms with Crippen molar-refractivity contribution in [2.24, 2.45) is 0 Å².